The number of carbonyl (C=O) groups is 1. The van der Waals surface area contributed by atoms with Crippen molar-refractivity contribution in [2.75, 3.05) is 18.4 Å². The van der Waals surface area contributed by atoms with E-state index in [2.05, 4.69) is 22.8 Å². The van der Waals surface area contributed by atoms with Crippen LogP contribution in [0.4, 0.5) is 5.69 Å². The number of rotatable bonds is 5. The standard InChI is InChI=1S/C19H21ClN2O/c20-17-7-5-16(6-8-17)19(23)22-18-9-3-14(4-10-18)1-2-15-11-12-21-13-15/h3-10,15,21H,1-2,11-13H2,(H,22,23)/t15-/m0/s1. The van der Waals surface area contributed by atoms with E-state index < -0.39 is 0 Å². The van der Waals surface area contributed by atoms with Crippen molar-refractivity contribution in [2.45, 2.75) is 19.3 Å². The van der Waals surface area contributed by atoms with Gasteiger partial charge in [0.1, 0.15) is 0 Å². The van der Waals surface area contributed by atoms with Crippen molar-refractivity contribution >= 4 is 23.2 Å². The predicted octanol–water partition coefficient (Wildman–Crippen LogP) is 4.13. The third-order valence-corrected chi connectivity index (χ3v) is 4.57. The molecule has 0 unspecified atom stereocenters. The Kier molecular flexibility index (Phi) is 5.31. The van der Waals surface area contributed by atoms with E-state index in [1.807, 2.05) is 12.1 Å². The fraction of sp³-hybridized carbons (Fsp3) is 0.316. The first-order valence-electron chi connectivity index (χ1n) is 8.07. The van der Waals surface area contributed by atoms with Gasteiger partial charge in [-0.2, -0.15) is 0 Å². The molecule has 1 heterocycles. The Bertz CT molecular complexity index is 646. The number of benzene rings is 2. The largest absolute Gasteiger partial charge is 0.322 e. The number of amides is 1. The van der Waals surface area contributed by atoms with Gasteiger partial charge in [-0.1, -0.05) is 23.7 Å². The molecule has 0 bridgehead atoms. The normalized spacial score (nSPS) is 17.2. The highest BCUT2D eigenvalue weighted by Gasteiger charge is 2.13. The van der Waals surface area contributed by atoms with Crippen molar-refractivity contribution in [3.05, 3.63) is 64.7 Å². The van der Waals surface area contributed by atoms with E-state index in [0.717, 1.165) is 31.1 Å². The fourth-order valence-electron chi connectivity index (χ4n) is 2.89. The summed E-state index contributed by atoms with van der Waals surface area (Å²) in [6.45, 7) is 2.30. The summed E-state index contributed by atoms with van der Waals surface area (Å²) < 4.78 is 0. The van der Waals surface area contributed by atoms with Crippen LogP contribution in [0.25, 0.3) is 0 Å². The van der Waals surface area contributed by atoms with Crippen molar-refractivity contribution in [1.29, 1.82) is 0 Å². The summed E-state index contributed by atoms with van der Waals surface area (Å²) >= 11 is 5.84. The highest BCUT2D eigenvalue weighted by Crippen LogP contribution is 2.18. The van der Waals surface area contributed by atoms with E-state index in [1.54, 1.807) is 24.3 Å². The number of hydrogen-bond acceptors (Lipinski definition) is 2. The monoisotopic (exact) mass is 328 g/mol. The molecule has 0 saturated carbocycles. The summed E-state index contributed by atoms with van der Waals surface area (Å²) in [6.07, 6.45) is 3.61. The number of hydrogen-bond donors (Lipinski definition) is 2. The maximum Gasteiger partial charge on any atom is 0.255 e. The smallest absolute Gasteiger partial charge is 0.255 e. The van der Waals surface area contributed by atoms with Crippen LogP contribution < -0.4 is 10.6 Å². The van der Waals surface area contributed by atoms with E-state index in [4.69, 9.17) is 11.6 Å². The summed E-state index contributed by atoms with van der Waals surface area (Å²) in [5.74, 6) is 0.686. The molecule has 1 aliphatic heterocycles. The van der Waals surface area contributed by atoms with Gasteiger partial charge in [0.25, 0.3) is 5.91 Å². The highest BCUT2D eigenvalue weighted by atomic mass is 35.5. The Morgan fingerprint density at radius 2 is 1.87 bits per heavy atom. The number of anilines is 1. The van der Waals surface area contributed by atoms with Crippen LogP contribution in [0, 0.1) is 5.92 Å². The Balaban J connectivity index is 1.54. The first kappa shape index (κ1) is 16.0. The van der Waals surface area contributed by atoms with Crippen LogP contribution in [0.2, 0.25) is 5.02 Å². The molecule has 1 aliphatic rings. The lowest BCUT2D eigenvalue weighted by Crippen LogP contribution is -2.11. The van der Waals surface area contributed by atoms with Gasteiger partial charge < -0.3 is 10.6 Å². The minimum atomic E-state index is -0.119. The molecule has 2 N–H and O–H groups in total. The summed E-state index contributed by atoms with van der Waals surface area (Å²) in [7, 11) is 0. The summed E-state index contributed by atoms with van der Waals surface area (Å²) in [6, 6.07) is 15.0. The maximum absolute atomic E-state index is 12.1. The van der Waals surface area contributed by atoms with Crippen LogP contribution in [0.5, 0.6) is 0 Å². The Morgan fingerprint density at radius 3 is 2.52 bits per heavy atom. The van der Waals surface area contributed by atoms with Crippen LogP contribution >= 0.6 is 11.6 Å². The van der Waals surface area contributed by atoms with Gasteiger partial charge in [0, 0.05) is 16.3 Å². The topological polar surface area (TPSA) is 41.1 Å². The Morgan fingerprint density at radius 1 is 1.13 bits per heavy atom. The molecule has 1 fully saturated rings. The average Bonchev–Trinajstić information content (AvgIpc) is 3.08. The van der Waals surface area contributed by atoms with Gasteiger partial charge in [-0.15, -0.1) is 0 Å². The van der Waals surface area contributed by atoms with Crippen LogP contribution in [-0.2, 0) is 6.42 Å². The SMILES string of the molecule is O=C(Nc1ccc(CC[C@H]2CCNC2)cc1)c1ccc(Cl)cc1. The van der Waals surface area contributed by atoms with E-state index in [1.165, 1.54) is 18.4 Å². The second-order valence-electron chi connectivity index (χ2n) is 6.06. The molecule has 0 radical (unpaired) electrons. The lowest BCUT2D eigenvalue weighted by atomic mass is 9.99. The van der Waals surface area contributed by atoms with Crippen molar-refractivity contribution in [3.8, 4) is 0 Å². The first-order valence-corrected chi connectivity index (χ1v) is 8.45. The molecule has 0 aliphatic carbocycles. The van der Waals surface area contributed by atoms with Crippen molar-refractivity contribution < 1.29 is 4.79 Å². The Labute approximate surface area is 142 Å². The van der Waals surface area contributed by atoms with Crippen LogP contribution in [-0.4, -0.2) is 19.0 Å². The van der Waals surface area contributed by atoms with Crippen molar-refractivity contribution in [1.82, 2.24) is 5.32 Å². The van der Waals surface area contributed by atoms with Gasteiger partial charge in [0.05, 0.1) is 0 Å². The second-order valence-corrected chi connectivity index (χ2v) is 6.49. The molecule has 3 rings (SSSR count). The zero-order valence-electron chi connectivity index (χ0n) is 13.0. The Hall–Kier alpha value is -1.84. The van der Waals surface area contributed by atoms with Gasteiger partial charge in [0.2, 0.25) is 0 Å². The zero-order chi connectivity index (χ0) is 16.1. The van der Waals surface area contributed by atoms with Gasteiger partial charge in [0.15, 0.2) is 0 Å². The molecule has 0 spiro atoms. The van der Waals surface area contributed by atoms with E-state index in [9.17, 15) is 4.79 Å². The first-order chi connectivity index (χ1) is 11.2. The van der Waals surface area contributed by atoms with E-state index >= 15 is 0 Å². The number of nitrogens with one attached hydrogen (secondary N) is 2. The van der Waals surface area contributed by atoms with Crippen LogP contribution in [0.15, 0.2) is 48.5 Å². The van der Waals surface area contributed by atoms with Gasteiger partial charge in [-0.25, -0.2) is 0 Å². The number of halogens is 1. The molecule has 1 saturated heterocycles. The fourth-order valence-corrected chi connectivity index (χ4v) is 3.02. The average molecular weight is 329 g/mol. The molecule has 1 amide bonds. The third-order valence-electron chi connectivity index (χ3n) is 4.32. The lowest BCUT2D eigenvalue weighted by Gasteiger charge is -2.09. The number of aryl methyl sites for hydroxylation is 1. The minimum absolute atomic E-state index is 0.119. The summed E-state index contributed by atoms with van der Waals surface area (Å²) in [5.41, 5.74) is 2.74. The van der Waals surface area contributed by atoms with Gasteiger partial charge in [-0.3, -0.25) is 4.79 Å². The van der Waals surface area contributed by atoms with Gasteiger partial charge in [-0.05, 0) is 80.2 Å². The van der Waals surface area contributed by atoms with Crippen LogP contribution in [0.1, 0.15) is 28.8 Å². The summed E-state index contributed by atoms with van der Waals surface area (Å²) in [4.78, 5) is 12.1. The molecule has 0 aromatic heterocycles. The third kappa shape index (κ3) is 4.57. The second kappa shape index (κ2) is 7.62. The molecule has 4 heteroatoms. The highest BCUT2D eigenvalue weighted by molar-refractivity contribution is 6.30. The molecule has 2 aromatic rings. The number of carbonyl (C=O) groups excluding carboxylic acids is 1. The molecular weight excluding hydrogens is 308 g/mol. The summed E-state index contributed by atoms with van der Waals surface area (Å²) in [5, 5.41) is 6.94. The van der Waals surface area contributed by atoms with Crippen molar-refractivity contribution in [3.63, 3.8) is 0 Å². The zero-order valence-corrected chi connectivity index (χ0v) is 13.8. The van der Waals surface area contributed by atoms with Crippen LogP contribution in [0.3, 0.4) is 0 Å². The molecular formula is C19H21ClN2O. The lowest BCUT2D eigenvalue weighted by molar-refractivity contribution is 0.102. The van der Waals surface area contributed by atoms with E-state index in [0.29, 0.717) is 10.6 Å². The van der Waals surface area contributed by atoms with Gasteiger partial charge >= 0.3 is 0 Å². The molecule has 23 heavy (non-hydrogen) atoms. The molecule has 120 valence electrons. The molecule has 3 nitrogen and oxygen atoms in total. The van der Waals surface area contributed by atoms with E-state index in [-0.39, 0.29) is 5.91 Å². The minimum Gasteiger partial charge on any atom is -0.322 e. The predicted molar refractivity (Wildman–Crippen MR) is 95.1 cm³/mol. The molecule has 2 aromatic carbocycles. The van der Waals surface area contributed by atoms with Crippen molar-refractivity contribution in [2.24, 2.45) is 5.92 Å². The quantitative estimate of drug-likeness (QED) is 0.866. The maximum atomic E-state index is 12.1. The molecule has 1 atom stereocenters.